The monoisotopic (exact) mass is 147 g/mol. The van der Waals surface area contributed by atoms with Gasteiger partial charge >= 0.3 is 0 Å². The van der Waals surface area contributed by atoms with Crippen LogP contribution >= 0.6 is 0 Å². The molecular formula is C7H14FNO. The molecule has 3 heteroatoms. The minimum Gasteiger partial charge on any atom is -0.395 e. The summed E-state index contributed by atoms with van der Waals surface area (Å²) in [6.07, 6.45) is 1.70. The van der Waals surface area contributed by atoms with Crippen LogP contribution in [-0.4, -0.2) is 42.9 Å². The van der Waals surface area contributed by atoms with E-state index in [0.717, 1.165) is 0 Å². The summed E-state index contributed by atoms with van der Waals surface area (Å²) in [5, 5.41) is 8.49. The van der Waals surface area contributed by atoms with Gasteiger partial charge in [0.15, 0.2) is 0 Å². The smallest absolute Gasteiger partial charge is 0.102 e. The summed E-state index contributed by atoms with van der Waals surface area (Å²) >= 11 is 0. The lowest BCUT2D eigenvalue weighted by Crippen LogP contribution is -2.29. The van der Waals surface area contributed by atoms with E-state index in [0.29, 0.717) is 19.6 Å². The Kier molecular flexibility index (Phi) is 6.43. The van der Waals surface area contributed by atoms with Crippen LogP contribution in [0.4, 0.5) is 4.39 Å². The Morgan fingerprint density at radius 1 is 1.50 bits per heavy atom. The first-order valence-electron chi connectivity index (χ1n) is 3.35. The molecule has 10 heavy (non-hydrogen) atoms. The zero-order valence-electron chi connectivity index (χ0n) is 6.09. The average molecular weight is 147 g/mol. The van der Waals surface area contributed by atoms with E-state index < -0.39 is 0 Å². The molecule has 0 amide bonds. The molecule has 0 fully saturated rings. The highest BCUT2D eigenvalue weighted by Gasteiger charge is 1.99. The third-order valence-electron chi connectivity index (χ3n) is 1.20. The summed E-state index contributed by atoms with van der Waals surface area (Å²) in [5.41, 5.74) is 0. The Morgan fingerprint density at radius 2 is 2.20 bits per heavy atom. The van der Waals surface area contributed by atoms with Crippen LogP contribution in [0.25, 0.3) is 0 Å². The summed E-state index contributed by atoms with van der Waals surface area (Å²) < 4.78 is 11.7. The average Bonchev–Trinajstić information content (AvgIpc) is 1.90. The second-order valence-electron chi connectivity index (χ2n) is 2.00. The van der Waals surface area contributed by atoms with E-state index in [-0.39, 0.29) is 13.3 Å². The lowest BCUT2D eigenvalue weighted by molar-refractivity contribution is 0.198. The van der Waals surface area contributed by atoms with Crippen molar-refractivity contribution in [3.8, 4) is 0 Å². The molecule has 0 aliphatic rings. The molecule has 0 radical (unpaired) electrons. The Balaban J connectivity index is 3.38. The highest BCUT2D eigenvalue weighted by atomic mass is 19.1. The Morgan fingerprint density at radius 3 is 2.60 bits per heavy atom. The van der Waals surface area contributed by atoms with Gasteiger partial charge in [-0.3, -0.25) is 4.90 Å². The molecule has 0 spiro atoms. The number of halogens is 1. The summed E-state index contributed by atoms with van der Waals surface area (Å²) in [6, 6.07) is 0. The van der Waals surface area contributed by atoms with Gasteiger partial charge in [0, 0.05) is 19.6 Å². The molecule has 2 nitrogen and oxygen atoms in total. The van der Waals surface area contributed by atoms with Gasteiger partial charge in [-0.2, -0.15) is 0 Å². The highest BCUT2D eigenvalue weighted by molar-refractivity contribution is 4.72. The molecule has 0 aromatic carbocycles. The number of aliphatic hydroxyl groups excluding tert-OH is 1. The van der Waals surface area contributed by atoms with Crippen molar-refractivity contribution < 1.29 is 9.50 Å². The molecule has 0 rings (SSSR count). The molecule has 0 unspecified atom stereocenters. The van der Waals surface area contributed by atoms with Crippen LogP contribution in [0.5, 0.6) is 0 Å². The van der Waals surface area contributed by atoms with Crippen molar-refractivity contribution in [2.75, 3.05) is 32.9 Å². The summed E-state index contributed by atoms with van der Waals surface area (Å²) in [4.78, 5) is 1.80. The third kappa shape index (κ3) is 4.47. The van der Waals surface area contributed by atoms with Crippen molar-refractivity contribution >= 4 is 0 Å². The van der Waals surface area contributed by atoms with Crippen molar-refractivity contribution in [2.24, 2.45) is 0 Å². The van der Waals surface area contributed by atoms with Crippen molar-refractivity contribution in [3.05, 3.63) is 12.7 Å². The van der Waals surface area contributed by atoms with Gasteiger partial charge in [-0.25, -0.2) is 4.39 Å². The van der Waals surface area contributed by atoms with Crippen LogP contribution < -0.4 is 0 Å². The largest absolute Gasteiger partial charge is 0.395 e. The quantitative estimate of drug-likeness (QED) is 0.551. The normalized spacial score (nSPS) is 10.3. The first-order valence-corrected chi connectivity index (χ1v) is 3.35. The van der Waals surface area contributed by atoms with Crippen molar-refractivity contribution in [1.29, 1.82) is 0 Å². The number of hydrogen-bond acceptors (Lipinski definition) is 2. The molecule has 0 bridgehead atoms. The fourth-order valence-corrected chi connectivity index (χ4v) is 0.738. The van der Waals surface area contributed by atoms with Crippen molar-refractivity contribution in [3.63, 3.8) is 0 Å². The lowest BCUT2D eigenvalue weighted by Gasteiger charge is -2.16. The van der Waals surface area contributed by atoms with Crippen molar-refractivity contribution in [2.45, 2.75) is 0 Å². The summed E-state index contributed by atoms with van der Waals surface area (Å²) in [5.74, 6) is 0. The van der Waals surface area contributed by atoms with E-state index in [1.54, 1.807) is 11.0 Å². The maximum atomic E-state index is 11.7. The molecule has 0 aliphatic carbocycles. The van der Waals surface area contributed by atoms with E-state index in [1.807, 2.05) is 0 Å². The standard InChI is InChI=1S/C7H14FNO/c1-2-4-9(5-3-8)6-7-10/h2,10H,1,3-7H2. The first-order chi connectivity index (χ1) is 4.85. The topological polar surface area (TPSA) is 23.5 Å². The Bertz CT molecular complexity index is 81.7. The lowest BCUT2D eigenvalue weighted by atomic mass is 10.4. The maximum Gasteiger partial charge on any atom is 0.102 e. The molecule has 1 N–H and O–H groups in total. The zero-order valence-corrected chi connectivity index (χ0v) is 6.09. The first kappa shape index (κ1) is 9.59. The summed E-state index contributed by atoms with van der Waals surface area (Å²) in [6.45, 7) is 4.78. The van der Waals surface area contributed by atoms with Gasteiger partial charge in [0.1, 0.15) is 6.67 Å². The van der Waals surface area contributed by atoms with E-state index in [4.69, 9.17) is 5.11 Å². The van der Waals surface area contributed by atoms with Crippen LogP contribution in [0.3, 0.4) is 0 Å². The predicted octanol–water partition coefficient (Wildman–Crippen LogP) is 0.436. The number of rotatable bonds is 6. The van der Waals surface area contributed by atoms with Gasteiger partial charge < -0.3 is 5.11 Å². The van der Waals surface area contributed by atoms with E-state index >= 15 is 0 Å². The molecule has 0 atom stereocenters. The number of nitrogens with zero attached hydrogens (tertiary/aromatic N) is 1. The van der Waals surface area contributed by atoms with Crippen LogP contribution in [-0.2, 0) is 0 Å². The molecule has 0 aromatic rings. The van der Waals surface area contributed by atoms with Gasteiger partial charge in [0.25, 0.3) is 0 Å². The van der Waals surface area contributed by atoms with E-state index in [1.165, 1.54) is 0 Å². The molecule has 0 aliphatic heterocycles. The summed E-state index contributed by atoms with van der Waals surface area (Å²) in [7, 11) is 0. The van der Waals surface area contributed by atoms with Gasteiger partial charge in [-0.1, -0.05) is 6.08 Å². The van der Waals surface area contributed by atoms with Crippen LogP contribution in [0.15, 0.2) is 12.7 Å². The van der Waals surface area contributed by atoms with Gasteiger partial charge in [0.2, 0.25) is 0 Å². The molecule has 0 heterocycles. The van der Waals surface area contributed by atoms with Gasteiger partial charge in [0.05, 0.1) is 6.61 Å². The maximum absolute atomic E-state index is 11.7. The Labute approximate surface area is 61.0 Å². The SMILES string of the molecule is C=CCN(CCO)CCF. The van der Waals surface area contributed by atoms with Crippen molar-refractivity contribution in [1.82, 2.24) is 4.90 Å². The van der Waals surface area contributed by atoms with Gasteiger partial charge in [-0.15, -0.1) is 6.58 Å². The third-order valence-corrected chi connectivity index (χ3v) is 1.20. The zero-order chi connectivity index (χ0) is 7.82. The number of alkyl halides is 1. The minimum absolute atomic E-state index is 0.0772. The molecular weight excluding hydrogens is 133 g/mol. The second-order valence-corrected chi connectivity index (χ2v) is 2.00. The molecule has 0 aromatic heterocycles. The fraction of sp³-hybridized carbons (Fsp3) is 0.714. The highest BCUT2D eigenvalue weighted by Crippen LogP contribution is 1.87. The molecule has 0 saturated heterocycles. The Hall–Kier alpha value is -0.410. The fourth-order valence-electron chi connectivity index (χ4n) is 0.738. The second kappa shape index (κ2) is 6.71. The van der Waals surface area contributed by atoms with Crippen LogP contribution in [0.2, 0.25) is 0 Å². The minimum atomic E-state index is -0.367. The van der Waals surface area contributed by atoms with E-state index in [2.05, 4.69) is 6.58 Å². The predicted molar refractivity (Wildman–Crippen MR) is 39.7 cm³/mol. The molecule has 0 saturated carbocycles. The van der Waals surface area contributed by atoms with E-state index in [9.17, 15) is 4.39 Å². The number of aliphatic hydroxyl groups is 1. The molecule has 60 valence electrons. The van der Waals surface area contributed by atoms with Crippen LogP contribution in [0, 0.1) is 0 Å². The van der Waals surface area contributed by atoms with Gasteiger partial charge in [-0.05, 0) is 0 Å². The van der Waals surface area contributed by atoms with Crippen LogP contribution in [0.1, 0.15) is 0 Å². The number of hydrogen-bond donors (Lipinski definition) is 1.